The summed E-state index contributed by atoms with van der Waals surface area (Å²) in [4.78, 5) is 22.7. The quantitative estimate of drug-likeness (QED) is 0.886. The molecule has 24 heavy (non-hydrogen) atoms. The zero-order valence-electron chi connectivity index (χ0n) is 12.4. The first-order valence-corrected chi connectivity index (χ1v) is 7.11. The van der Waals surface area contributed by atoms with Gasteiger partial charge in [0.1, 0.15) is 6.54 Å². The lowest BCUT2D eigenvalue weighted by atomic mass is 10.0. The number of aliphatic carboxylic acids is 1. The molecule has 2 heterocycles. The van der Waals surface area contributed by atoms with Crippen LogP contribution in [0.15, 0.2) is 18.2 Å². The molecule has 7 nitrogen and oxygen atoms in total. The number of ether oxygens (including phenoxy) is 1. The Hall–Kier alpha value is -2.81. The first-order chi connectivity index (χ1) is 11.5. The maximum absolute atomic E-state index is 13.5. The summed E-state index contributed by atoms with van der Waals surface area (Å²) in [6, 6.07) is 2.62. The van der Waals surface area contributed by atoms with Crippen LogP contribution in [0, 0.1) is 11.6 Å². The van der Waals surface area contributed by atoms with E-state index in [1.54, 1.807) is 0 Å². The van der Waals surface area contributed by atoms with Crippen molar-refractivity contribution in [3.63, 3.8) is 0 Å². The van der Waals surface area contributed by atoms with Gasteiger partial charge in [0.15, 0.2) is 11.6 Å². The van der Waals surface area contributed by atoms with Crippen LogP contribution in [-0.2, 0) is 22.6 Å². The van der Waals surface area contributed by atoms with Crippen molar-refractivity contribution in [2.24, 2.45) is 0 Å². The summed E-state index contributed by atoms with van der Waals surface area (Å²) >= 11 is 0. The molecule has 0 radical (unpaired) electrons. The van der Waals surface area contributed by atoms with Crippen molar-refractivity contribution in [1.29, 1.82) is 0 Å². The molecule has 0 unspecified atom stereocenters. The van der Waals surface area contributed by atoms with Crippen LogP contribution >= 0.6 is 0 Å². The van der Waals surface area contributed by atoms with Gasteiger partial charge in [0.25, 0.3) is 0 Å². The number of amides is 1. The number of fused-ring (bicyclic) bond motifs is 1. The second-order valence-corrected chi connectivity index (χ2v) is 5.17. The van der Waals surface area contributed by atoms with Gasteiger partial charge in [0.2, 0.25) is 0 Å². The van der Waals surface area contributed by atoms with Crippen molar-refractivity contribution in [2.75, 3.05) is 13.2 Å². The molecule has 2 aromatic rings. The first-order valence-electron chi connectivity index (χ1n) is 7.11. The van der Waals surface area contributed by atoms with Gasteiger partial charge in [0.05, 0.1) is 24.6 Å². The minimum Gasteiger partial charge on any atom is -0.480 e. The van der Waals surface area contributed by atoms with Crippen molar-refractivity contribution >= 4 is 12.0 Å². The smallest absolute Gasteiger partial charge is 0.342 e. The number of hydrogen-bond donors (Lipinski definition) is 2. The van der Waals surface area contributed by atoms with E-state index in [4.69, 9.17) is 9.84 Å². The highest BCUT2D eigenvalue weighted by Gasteiger charge is 2.25. The number of rotatable bonds is 3. The lowest BCUT2D eigenvalue weighted by Gasteiger charge is -2.14. The Morgan fingerprint density at radius 3 is 2.83 bits per heavy atom. The third-order valence-corrected chi connectivity index (χ3v) is 3.60. The summed E-state index contributed by atoms with van der Waals surface area (Å²) in [7, 11) is 0. The molecular formula is C15H13F2N3O4. The highest BCUT2D eigenvalue weighted by atomic mass is 19.2. The van der Waals surface area contributed by atoms with Gasteiger partial charge in [-0.25, -0.2) is 13.6 Å². The minimum atomic E-state index is -1.19. The Kier molecular flexibility index (Phi) is 4.26. The largest absolute Gasteiger partial charge is 0.480 e. The Morgan fingerprint density at radius 2 is 2.12 bits per heavy atom. The Labute approximate surface area is 134 Å². The number of carboxylic acids is 1. The zero-order chi connectivity index (χ0) is 17.3. The molecule has 0 spiro atoms. The molecule has 1 aromatic carbocycles. The van der Waals surface area contributed by atoms with Crippen molar-refractivity contribution < 1.29 is 28.2 Å². The maximum Gasteiger partial charge on any atom is 0.342 e. The Balaban J connectivity index is 2.02. The molecule has 0 aliphatic carbocycles. The van der Waals surface area contributed by atoms with Gasteiger partial charge in [-0.1, -0.05) is 0 Å². The number of hydrogen-bond acceptors (Lipinski definition) is 4. The van der Waals surface area contributed by atoms with Crippen LogP contribution in [0.1, 0.15) is 11.3 Å². The molecule has 0 fully saturated rings. The summed E-state index contributed by atoms with van der Waals surface area (Å²) in [5.41, 5.74) is 1.76. The average molecular weight is 337 g/mol. The number of benzene rings is 1. The highest BCUT2D eigenvalue weighted by molar-refractivity contribution is 5.82. The van der Waals surface area contributed by atoms with Crippen molar-refractivity contribution in [3.05, 3.63) is 41.1 Å². The number of halogens is 2. The summed E-state index contributed by atoms with van der Waals surface area (Å²) in [5.74, 6) is -3.20. The highest BCUT2D eigenvalue weighted by Crippen LogP contribution is 2.29. The van der Waals surface area contributed by atoms with Crippen LogP contribution in [0.2, 0.25) is 0 Å². The second-order valence-electron chi connectivity index (χ2n) is 5.17. The number of aromatic nitrogens is 2. The molecule has 1 aromatic heterocycles. The van der Waals surface area contributed by atoms with E-state index in [0.29, 0.717) is 35.5 Å². The van der Waals surface area contributed by atoms with Crippen molar-refractivity contribution in [3.8, 4) is 11.3 Å². The van der Waals surface area contributed by atoms with Gasteiger partial charge in [-0.3, -0.25) is 4.79 Å². The fourth-order valence-electron chi connectivity index (χ4n) is 2.51. The molecule has 1 amide bonds. The fraction of sp³-hybridized carbons (Fsp3) is 0.267. The number of nitrogens with one attached hydrogen (secondary N) is 1. The summed E-state index contributed by atoms with van der Waals surface area (Å²) in [6.07, 6.45) is 0.395. The first kappa shape index (κ1) is 16.1. The van der Waals surface area contributed by atoms with E-state index in [9.17, 15) is 18.4 Å². The van der Waals surface area contributed by atoms with Crippen molar-refractivity contribution in [2.45, 2.75) is 13.0 Å². The van der Waals surface area contributed by atoms with E-state index in [-0.39, 0.29) is 6.61 Å². The van der Waals surface area contributed by atoms with E-state index in [0.717, 1.165) is 16.8 Å². The van der Waals surface area contributed by atoms with Crippen LogP contribution in [0.25, 0.3) is 11.3 Å². The molecule has 126 valence electrons. The van der Waals surface area contributed by atoms with Crippen LogP contribution in [0.4, 0.5) is 13.6 Å². The maximum atomic E-state index is 13.5. The van der Waals surface area contributed by atoms with Gasteiger partial charge in [0, 0.05) is 17.5 Å². The van der Waals surface area contributed by atoms with E-state index in [2.05, 4.69) is 10.4 Å². The minimum absolute atomic E-state index is 0.176. The average Bonchev–Trinajstić information content (AvgIpc) is 2.95. The normalized spacial score (nSPS) is 13.4. The van der Waals surface area contributed by atoms with Crippen LogP contribution in [-0.4, -0.2) is 40.0 Å². The lowest BCUT2D eigenvalue weighted by Crippen LogP contribution is -2.35. The number of carbonyl (C=O) groups excluding carboxylic acids is 1. The Bertz CT molecular complexity index is 819. The number of carboxylic acid groups (broad SMARTS) is 1. The second kappa shape index (κ2) is 6.36. The molecule has 0 atom stereocenters. The van der Waals surface area contributed by atoms with Crippen LogP contribution < -0.4 is 5.32 Å². The van der Waals surface area contributed by atoms with E-state index < -0.39 is 30.2 Å². The van der Waals surface area contributed by atoms with Crippen LogP contribution in [0.3, 0.4) is 0 Å². The summed E-state index contributed by atoms with van der Waals surface area (Å²) in [6.45, 7) is 0.00245. The summed E-state index contributed by atoms with van der Waals surface area (Å²) in [5, 5.41) is 15.0. The molecule has 9 heteroatoms. The van der Waals surface area contributed by atoms with Gasteiger partial charge < -0.3 is 15.2 Å². The fourth-order valence-corrected chi connectivity index (χ4v) is 2.51. The van der Waals surface area contributed by atoms with Crippen LogP contribution in [0.5, 0.6) is 0 Å². The van der Waals surface area contributed by atoms with Gasteiger partial charge in [-0.05, 0) is 18.2 Å². The third-order valence-electron chi connectivity index (χ3n) is 3.60. The molecule has 1 aliphatic heterocycles. The third kappa shape index (κ3) is 2.98. The van der Waals surface area contributed by atoms with E-state index in [1.807, 2.05) is 0 Å². The summed E-state index contributed by atoms with van der Waals surface area (Å²) < 4.78 is 33.0. The molecule has 3 rings (SSSR count). The zero-order valence-corrected chi connectivity index (χ0v) is 12.4. The SMILES string of the molecule is O=C(O)CNC(=O)n1nc(-c2ccc(F)c(F)c2)c2c1CCOC2. The molecule has 0 saturated carbocycles. The topological polar surface area (TPSA) is 93.5 Å². The van der Waals surface area contributed by atoms with Gasteiger partial charge in [-0.2, -0.15) is 9.78 Å². The van der Waals surface area contributed by atoms with Gasteiger partial charge in [-0.15, -0.1) is 0 Å². The monoisotopic (exact) mass is 337 g/mol. The molecular weight excluding hydrogens is 324 g/mol. The predicted molar refractivity (Wildman–Crippen MR) is 77.4 cm³/mol. The molecule has 0 bridgehead atoms. The van der Waals surface area contributed by atoms with E-state index in [1.165, 1.54) is 6.07 Å². The molecule has 0 saturated heterocycles. The molecule has 1 aliphatic rings. The standard InChI is InChI=1S/C15H13F2N3O4/c16-10-2-1-8(5-11(10)17)14-9-7-24-4-3-12(9)20(19-14)15(23)18-6-13(21)22/h1-2,5H,3-4,6-7H2,(H,18,23)(H,21,22). The van der Waals surface area contributed by atoms with E-state index >= 15 is 0 Å². The Morgan fingerprint density at radius 1 is 1.33 bits per heavy atom. The predicted octanol–water partition coefficient (Wildman–Crippen LogP) is 1.54. The number of nitrogens with zero attached hydrogens (tertiary/aromatic N) is 2. The number of carbonyl (C=O) groups is 2. The van der Waals surface area contributed by atoms with Gasteiger partial charge >= 0.3 is 12.0 Å². The lowest BCUT2D eigenvalue weighted by molar-refractivity contribution is -0.135. The van der Waals surface area contributed by atoms with Crippen molar-refractivity contribution in [1.82, 2.24) is 15.1 Å². The molecule has 2 N–H and O–H groups in total.